The van der Waals surface area contributed by atoms with Crippen molar-refractivity contribution in [3.63, 3.8) is 0 Å². The van der Waals surface area contributed by atoms with Crippen molar-refractivity contribution in [2.45, 2.75) is 58.0 Å². The van der Waals surface area contributed by atoms with E-state index >= 15 is 0 Å². The Hall–Kier alpha value is -1.10. The van der Waals surface area contributed by atoms with Crippen molar-refractivity contribution in [2.75, 3.05) is 6.54 Å². The zero-order valence-electron chi connectivity index (χ0n) is 11.4. The zero-order chi connectivity index (χ0) is 13.5. The molecule has 5 heteroatoms. The summed E-state index contributed by atoms with van der Waals surface area (Å²) in [5, 5.41) is 6.23. The van der Waals surface area contributed by atoms with Crippen molar-refractivity contribution in [2.24, 2.45) is 11.7 Å². The standard InChI is InChI=1S/C13H25N3O2/c1-9(2)15-8-7-12(17)16-11-5-3-10(4-6-11)13(14)18/h9-11,15H,3-8H2,1-2H3,(H2,14,18)(H,16,17). The van der Waals surface area contributed by atoms with Gasteiger partial charge in [-0.15, -0.1) is 0 Å². The molecule has 0 unspecified atom stereocenters. The Bertz CT molecular complexity index is 284. The van der Waals surface area contributed by atoms with Gasteiger partial charge < -0.3 is 16.4 Å². The van der Waals surface area contributed by atoms with Gasteiger partial charge in [0.2, 0.25) is 11.8 Å². The Labute approximate surface area is 109 Å². The monoisotopic (exact) mass is 255 g/mol. The molecule has 1 rings (SSSR count). The van der Waals surface area contributed by atoms with Gasteiger partial charge in [-0.3, -0.25) is 9.59 Å². The third kappa shape index (κ3) is 5.49. The van der Waals surface area contributed by atoms with Crippen molar-refractivity contribution < 1.29 is 9.59 Å². The van der Waals surface area contributed by atoms with Gasteiger partial charge in [-0.1, -0.05) is 13.8 Å². The summed E-state index contributed by atoms with van der Waals surface area (Å²) in [4.78, 5) is 22.7. The van der Waals surface area contributed by atoms with Crippen LogP contribution in [-0.4, -0.2) is 30.4 Å². The van der Waals surface area contributed by atoms with Crippen molar-refractivity contribution >= 4 is 11.8 Å². The van der Waals surface area contributed by atoms with Crippen molar-refractivity contribution in [1.82, 2.24) is 10.6 Å². The minimum absolute atomic E-state index is 0.000703. The Morgan fingerprint density at radius 1 is 1.22 bits per heavy atom. The number of rotatable bonds is 6. The van der Waals surface area contributed by atoms with E-state index in [1.165, 1.54) is 0 Å². The van der Waals surface area contributed by atoms with Crippen molar-refractivity contribution in [1.29, 1.82) is 0 Å². The summed E-state index contributed by atoms with van der Waals surface area (Å²) < 4.78 is 0. The van der Waals surface area contributed by atoms with Gasteiger partial charge in [0.1, 0.15) is 0 Å². The van der Waals surface area contributed by atoms with Crippen LogP contribution < -0.4 is 16.4 Å². The van der Waals surface area contributed by atoms with Gasteiger partial charge in [0.25, 0.3) is 0 Å². The molecule has 0 atom stereocenters. The lowest BCUT2D eigenvalue weighted by Crippen LogP contribution is -2.40. The number of carbonyl (C=O) groups excluding carboxylic acids is 2. The summed E-state index contributed by atoms with van der Waals surface area (Å²) in [5.41, 5.74) is 5.27. The molecule has 18 heavy (non-hydrogen) atoms. The maximum atomic E-state index is 11.7. The summed E-state index contributed by atoms with van der Waals surface area (Å²) in [6.07, 6.45) is 3.82. The maximum absolute atomic E-state index is 11.7. The van der Waals surface area contributed by atoms with Crippen LogP contribution in [0.3, 0.4) is 0 Å². The van der Waals surface area contributed by atoms with Crippen LogP contribution in [0.15, 0.2) is 0 Å². The summed E-state index contributed by atoms with van der Waals surface area (Å²) in [6, 6.07) is 0.621. The van der Waals surface area contributed by atoms with Gasteiger partial charge in [-0.25, -0.2) is 0 Å². The van der Waals surface area contributed by atoms with Crippen LogP contribution in [0.5, 0.6) is 0 Å². The van der Waals surface area contributed by atoms with Crippen molar-refractivity contribution in [3.8, 4) is 0 Å². The Kier molecular flexibility index (Phi) is 6.12. The molecule has 0 aliphatic heterocycles. The highest BCUT2D eigenvalue weighted by Crippen LogP contribution is 2.23. The highest BCUT2D eigenvalue weighted by Gasteiger charge is 2.25. The van der Waals surface area contributed by atoms with Crippen LogP contribution >= 0.6 is 0 Å². The summed E-state index contributed by atoms with van der Waals surface area (Å²) in [5.74, 6) is -0.118. The number of nitrogens with one attached hydrogen (secondary N) is 2. The third-order valence-electron chi connectivity index (χ3n) is 3.40. The zero-order valence-corrected chi connectivity index (χ0v) is 11.4. The average molecular weight is 255 g/mol. The molecule has 4 N–H and O–H groups in total. The van der Waals surface area contributed by atoms with E-state index in [1.807, 2.05) is 0 Å². The molecule has 1 aliphatic rings. The predicted octanol–water partition coefficient (Wildman–Crippen LogP) is 0.535. The first-order chi connectivity index (χ1) is 8.49. The molecule has 2 amide bonds. The molecule has 0 heterocycles. The lowest BCUT2D eigenvalue weighted by Gasteiger charge is -2.27. The number of primary amides is 1. The number of hydrogen-bond acceptors (Lipinski definition) is 3. The smallest absolute Gasteiger partial charge is 0.221 e. The molecule has 0 radical (unpaired) electrons. The second kappa shape index (κ2) is 7.36. The molecule has 1 saturated carbocycles. The Morgan fingerprint density at radius 2 is 1.83 bits per heavy atom. The van der Waals surface area contributed by atoms with E-state index in [4.69, 9.17) is 5.73 Å². The first kappa shape index (κ1) is 15.0. The SMILES string of the molecule is CC(C)NCCC(=O)NC1CCC(C(N)=O)CC1. The van der Waals surface area contributed by atoms with Crippen LogP contribution in [0.4, 0.5) is 0 Å². The number of amides is 2. The van der Waals surface area contributed by atoms with E-state index in [2.05, 4.69) is 24.5 Å². The number of nitrogens with two attached hydrogens (primary N) is 1. The molecule has 0 spiro atoms. The molecule has 5 nitrogen and oxygen atoms in total. The quantitative estimate of drug-likeness (QED) is 0.647. The highest BCUT2D eigenvalue weighted by molar-refractivity contribution is 5.77. The topological polar surface area (TPSA) is 84.2 Å². The van der Waals surface area contributed by atoms with Crippen LogP contribution in [0.25, 0.3) is 0 Å². The number of hydrogen-bond donors (Lipinski definition) is 3. The molecule has 0 bridgehead atoms. The molecule has 1 fully saturated rings. The van der Waals surface area contributed by atoms with Crippen LogP contribution in [0.2, 0.25) is 0 Å². The van der Waals surface area contributed by atoms with E-state index in [0.29, 0.717) is 19.0 Å². The number of carbonyl (C=O) groups is 2. The van der Waals surface area contributed by atoms with Gasteiger partial charge >= 0.3 is 0 Å². The molecular formula is C13H25N3O2. The first-order valence-corrected chi connectivity index (χ1v) is 6.81. The molecule has 0 aromatic carbocycles. The van der Waals surface area contributed by atoms with Gasteiger partial charge in [-0.2, -0.15) is 0 Å². The van der Waals surface area contributed by atoms with Gasteiger partial charge in [0.05, 0.1) is 0 Å². The van der Waals surface area contributed by atoms with E-state index in [1.54, 1.807) is 0 Å². The van der Waals surface area contributed by atoms with E-state index in [9.17, 15) is 9.59 Å². The van der Waals surface area contributed by atoms with E-state index < -0.39 is 0 Å². The normalized spacial score (nSPS) is 23.9. The maximum Gasteiger partial charge on any atom is 0.221 e. The third-order valence-corrected chi connectivity index (χ3v) is 3.40. The largest absolute Gasteiger partial charge is 0.369 e. The Morgan fingerprint density at radius 3 is 2.33 bits per heavy atom. The lowest BCUT2D eigenvalue weighted by atomic mass is 9.85. The van der Waals surface area contributed by atoms with Crippen molar-refractivity contribution in [3.05, 3.63) is 0 Å². The molecule has 0 aromatic rings. The van der Waals surface area contributed by atoms with Crippen LogP contribution in [-0.2, 0) is 9.59 Å². The van der Waals surface area contributed by atoms with Crippen LogP contribution in [0.1, 0.15) is 46.0 Å². The van der Waals surface area contributed by atoms with E-state index in [0.717, 1.165) is 25.7 Å². The second-order valence-electron chi connectivity index (χ2n) is 5.38. The fourth-order valence-electron chi connectivity index (χ4n) is 2.30. The van der Waals surface area contributed by atoms with Gasteiger partial charge in [0.15, 0.2) is 0 Å². The van der Waals surface area contributed by atoms with Gasteiger partial charge in [0, 0.05) is 31.0 Å². The molecule has 0 aromatic heterocycles. The summed E-state index contributed by atoms with van der Waals surface area (Å²) in [7, 11) is 0. The predicted molar refractivity (Wildman–Crippen MR) is 70.8 cm³/mol. The molecule has 104 valence electrons. The molecule has 1 aliphatic carbocycles. The van der Waals surface area contributed by atoms with E-state index in [-0.39, 0.29) is 23.8 Å². The average Bonchev–Trinajstić information content (AvgIpc) is 2.29. The van der Waals surface area contributed by atoms with Crippen LogP contribution in [0, 0.1) is 5.92 Å². The Balaban J connectivity index is 2.16. The fourth-order valence-corrected chi connectivity index (χ4v) is 2.30. The highest BCUT2D eigenvalue weighted by atomic mass is 16.2. The summed E-state index contributed by atoms with van der Waals surface area (Å²) in [6.45, 7) is 4.83. The fraction of sp³-hybridized carbons (Fsp3) is 0.846. The lowest BCUT2D eigenvalue weighted by molar-refractivity contribution is -0.123. The molecule has 0 saturated heterocycles. The first-order valence-electron chi connectivity index (χ1n) is 6.81. The molecular weight excluding hydrogens is 230 g/mol. The minimum atomic E-state index is -0.207. The van der Waals surface area contributed by atoms with Gasteiger partial charge in [-0.05, 0) is 25.7 Å². The minimum Gasteiger partial charge on any atom is -0.369 e. The summed E-state index contributed by atoms with van der Waals surface area (Å²) >= 11 is 0. The second-order valence-corrected chi connectivity index (χ2v) is 5.38.